The molecule has 0 bridgehead atoms. The molecule has 2 aromatic rings. The Labute approximate surface area is 142 Å². The van der Waals surface area contributed by atoms with Crippen LogP contribution < -0.4 is 5.32 Å². The summed E-state index contributed by atoms with van der Waals surface area (Å²) in [5.74, 6) is 0.433. The summed E-state index contributed by atoms with van der Waals surface area (Å²) in [6, 6.07) is 13.8. The zero-order valence-corrected chi connectivity index (χ0v) is 14.0. The molecule has 2 aromatic carbocycles. The van der Waals surface area contributed by atoms with E-state index in [2.05, 4.69) is 10.2 Å². The summed E-state index contributed by atoms with van der Waals surface area (Å²) in [6.07, 6.45) is 3.03. The van der Waals surface area contributed by atoms with Crippen molar-refractivity contribution in [1.29, 1.82) is 0 Å². The van der Waals surface area contributed by atoms with Crippen LogP contribution in [0.15, 0.2) is 42.5 Å². The molecule has 4 heteroatoms. The first-order valence-electron chi connectivity index (χ1n) is 8.82. The molecule has 4 rings (SSSR count). The lowest BCUT2D eigenvalue weighted by Gasteiger charge is -2.26. The molecular formula is C20H24N2O2. The Hall–Kier alpha value is -1.91. The molecule has 2 unspecified atom stereocenters. The van der Waals surface area contributed by atoms with Gasteiger partial charge in [0.2, 0.25) is 5.91 Å². The molecule has 1 heterocycles. The molecule has 2 N–H and O–H groups in total. The number of likely N-dealkylation sites (tertiary alicyclic amines) is 1. The van der Waals surface area contributed by atoms with Gasteiger partial charge in [-0.1, -0.05) is 36.4 Å². The highest BCUT2D eigenvalue weighted by Crippen LogP contribution is 2.44. The minimum Gasteiger partial charge on any atom is -0.388 e. The molecule has 2 atom stereocenters. The number of fused-ring (bicyclic) bond motifs is 1. The number of rotatable bonds is 4. The number of nitrogens with zero attached hydrogens (tertiary/aromatic N) is 1. The molecular weight excluding hydrogens is 300 g/mol. The van der Waals surface area contributed by atoms with Crippen molar-refractivity contribution in [2.24, 2.45) is 5.92 Å². The number of carbonyl (C=O) groups is 1. The predicted octanol–water partition coefficient (Wildman–Crippen LogP) is 3.01. The van der Waals surface area contributed by atoms with Gasteiger partial charge in [-0.2, -0.15) is 0 Å². The number of amides is 1. The second kappa shape index (κ2) is 5.87. The van der Waals surface area contributed by atoms with E-state index in [-0.39, 0.29) is 11.9 Å². The molecule has 24 heavy (non-hydrogen) atoms. The highest BCUT2D eigenvalue weighted by molar-refractivity contribution is 6.03. The van der Waals surface area contributed by atoms with Crippen molar-refractivity contribution in [3.8, 4) is 0 Å². The molecule has 0 spiro atoms. The minimum atomic E-state index is -0.575. The fraction of sp³-hybridized carbons (Fsp3) is 0.450. The minimum absolute atomic E-state index is 0.00796. The molecule has 1 aliphatic heterocycles. The summed E-state index contributed by atoms with van der Waals surface area (Å²) in [5, 5.41) is 15.9. The lowest BCUT2D eigenvalue weighted by molar-refractivity contribution is -0.120. The van der Waals surface area contributed by atoms with Crippen LogP contribution in [0.4, 0.5) is 5.69 Å². The van der Waals surface area contributed by atoms with Crippen LogP contribution in [0.5, 0.6) is 0 Å². The van der Waals surface area contributed by atoms with E-state index in [4.69, 9.17) is 0 Å². The Morgan fingerprint density at radius 2 is 2.00 bits per heavy atom. The number of anilines is 1. The number of benzene rings is 2. The third kappa shape index (κ3) is 2.80. The summed E-state index contributed by atoms with van der Waals surface area (Å²) >= 11 is 0. The molecule has 2 fully saturated rings. The molecule has 126 valence electrons. The maximum atomic E-state index is 12.7. The van der Waals surface area contributed by atoms with Crippen LogP contribution in [0.2, 0.25) is 0 Å². The first-order chi connectivity index (χ1) is 11.6. The number of hydrogen-bond donors (Lipinski definition) is 2. The Balaban J connectivity index is 1.47. The first kappa shape index (κ1) is 15.6. The molecule has 2 aliphatic rings. The van der Waals surface area contributed by atoms with Gasteiger partial charge in [0.05, 0.1) is 11.6 Å². The zero-order valence-electron chi connectivity index (χ0n) is 14.0. The SMILES string of the molecule is CC(C(=O)Nc1cccc2ccccc12)N1CCC(O)(C2CC2)C1. The summed E-state index contributed by atoms with van der Waals surface area (Å²) < 4.78 is 0. The van der Waals surface area contributed by atoms with E-state index < -0.39 is 5.60 Å². The van der Waals surface area contributed by atoms with Gasteiger partial charge in [-0.05, 0) is 43.6 Å². The van der Waals surface area contributed by atoms with Crippen molar-refractivity contribution in [2.45, 2.75) is 37.8 Å². The highest BCUT2D eigenvalue weighted by Gasteiger charge is 2.49. The summed E-state index contributed by atoms with van der Waals surface area (Å²) in [4.78, 5) is 14.8. The fourth-order valence-corrected chi connectivity index (χ4v) is 3.87. The topological polar surface area (TPSA) is 52.6 Å². The fourth-order valence-electron chi connectivity index (χ4n) is 3.87. The van der Waals surface area contributed by atoms with E-state index in [1.807, 2.05) is 49.4 Å². The Morgan fingerprint density at radius 3 is 2.79 bits per heavy atom. The van der Waals surface area contributed by atoms with E-state index in [9.17, 15) is 9.90 Å². The average Bonchev–Trinajstić information content (AvgIpc) is 3.38. The molecule has 4 nitrogen and oxygen atoms in total. The lowest BCUT2D eigenvalue weighted by Crippen LogP contribution is -2.44. The van der Waals surface area contributed by atoms with Gasteiger partial charge in [-0.25, -0.2) is 0 Å². The van der Waals surface area contributed by atoms with Gasteiger partial charge < -0.3 is 10.4 Å². The monoisotopic (exact) mass is 324 g/mol. The molecule has 0 aromatic heterocycles. The van der Waals surface area contributed by atoms with Gasteiger partial charge in [-0.3, -0.25) is 9.69 Å². The van der Waals surface area contributed by atoms with Gasteiger partial charge in [-0.15, -0.1) is 0 Å². The van der Waals surface area contributed by atoms with Crippen LogP contribution in [0.3, 0.4) is 0 Å². The number of nitrogens with one attached hydrogen (secondary N) is 1. The number of β-amino-alcohol motifs (C(OH)–C–C–N with tert-alkyl or cyclic N) is 1. The smallest absolute Gasteiger partial charge is 0.241 e. The van der Waals surface area contributed by atoms with Crippen molar-refractivity contribution < 1.29 is 9.90 Å². The van der Waals surface area contributed by atoms with Crippen molar-refractivity contribution in [1.82, 2.24) is 4.90 Å². The van der Waals surface area contributed by atoms with Crippen molar-refractivity contribution >= 4 is 22.4 Å². The largest absolute Gasteiger partial charge is 0.388 e. The van der Waals surface area contributed by atoms with E-state index >= 15 is 0 Å². The summed E-state index contributed by atoms with van der Waals surface area (Å²) in [5.41, 5.74) is 0.273. The molecule has 0 radical (unpaired) electrons. The average molecular weight is 324 g/mol. The predicted molar refractivity (Wildman–Crippen MR) is 95.9 cm³/mol. The van der Waals surface area contributed by atoms with Crippen molar-refractivity contribution in [3.05, 3.63) is 42.5 Å². The van der Waals surface area contributed by atoms with Crippen LogP contribution in [-0.2, 0) is 4.79 Å². The number of carbonyl (C=O) groups excluding carboxylic acids is 1. The molecule has 1 saturated carbocycles. The van der Waals surface area contributed by atoms with E-state index in [0.29, 0.717) is 12.5 Å². The third-order valence-corrected chi connectivity index (χ3v) is 5.62. The third-order valence-electron chi connectivity index (χ3n) is 5.62. The van der Waals surface area contributed by atoms with Crippen LogP contribution in [0.1, 0.15) is 26.2 Å². The van der Waals surface area contributed by atoms with Gasteiger partial charge in [0.15, 0.2) is 0 Å². The van der Waals surface area contributed by atoms with Gasteiger partial charge in [0, 0.05) is 24.2 Å². The van der Waals surface area contributed by atoms with Crippen LogP contribution >= 0.6 is 0 Å². The standard InChI is InChI=1S/C20H24N2O2/c1-14(22-12-11-20(24,13-22)16-9-10-16)19(23)21-18-8-4-6-15-5-2-3-7-17(15)18/h2-8,14,16,24H,9-13H2,1H3,(H,21,23). The quantitative estimate of drug-likeness (QED) is 0.909. The van der Waals surface area contributed by atoms with Crippen molar-refractivity contribution in [3.63, 3.8) is 0 Å². The second-order valence-electron chi connectivity index (χ2n) is 7.29. The lowest BCUT2D eigenvalue weighted by atomic mass is 9.97. The maximum absolute atomic E-state index is 12.7. The van der Waals surface area contributed by atoms with Gasteiger partial charge in [0.25, 0.3) is 0 Å². The van der Waals surface area contributed by atoms with Gasteiger partial charge >= 0.3 is 0 Å². The van der Waals surface area contributed by atoms with E-state index in [1.165, 1.54) is 0 Å². The maximum Gasteiger partial charge on any atom is 0.241 e. The van der Waals surface area contributed by atoms with Crippen molar-refractivity contribution in [2.75, 3.05) is 18.4 Å². The Bertz CT molecular complexity index is 766. The second-order valence-corrected chi connectivity index (χ2v) is 7.29. The van der Waals surface area contributed by atoms with E-state index in [0.717, 1.165) is 42.3 Å². The van der Waals surface area contributed by atoms with Crippen LogP contribution in [0, 0.1) is 5.92 Å². The van der Waals surface area contributed by atoms with E-state index in [1.54, 1.807) is 0 Å². The summed E-state index contributed by atoms with van der Waals surface area (Å²) in [6.45, 7) is 3.33. The molecule has 1 aliphatic carbocycles. The zero-order chi connectivity index (χ0) is 16.7. The number of aliphatic hydroxyl groups is 1. The van der Waals surface area contributed by atoms with Gasteiger partial charge in [0.1, 0.15) is 0 Å². The summed E-state index contributed by atoms with van der Waals surface area (Å²) in [7, 11) is 0. The highest BCUT2D eigenvalue weighted by atomic mass is 16.3. The molecule has 1 amide bonds. The first-order valence-corrected chi connectivity index (χ1v) is 8.82. The van der Waals surface area contributed by atoms with Crippen LogP contribution in [0.25, 0.3) is 10.8 Å². The Kier molecular flexibility index (Phi) is 3.82. The number of hydrogen-bond acceptors (Lipinski definition) is 3. The Morgan fingerprint density at radius 1 is 1.25 bits per heavy atom. The van der Waals surface area contributed by atoms with Crippen LogP contribution in [-0.4, -0.2) is 40.6 Å². The molecule has 1 saturated heterocycles. The normalized spacial score (nSPS) is 25.8.